The van der Waals surface area contributed by atoms with Gasteiger partial charge in [-0.1, -0.05) is 42.5 Å². The fourth-order valence-electron chi connectivity index (χ4n) is 2.33. The molecule has 0 aliphatic carbocycles. The molecule has 0 amide bonds. The van der Waals surface area contributed by atoms with E-state index in [1.807, 2.05) is 6.07 Å². The zero-order chi connectivity index (χ0) is 16.2. The minimum absolute atomic E-state index is 0.170. The van der Waals surface area contributed by atoms with Gasteiger partial charge in [0.15, 0.2) is 0 Å². The van der Waals surface area contributed by atoms with Gasteiger partial charge < -0.3 is 5.11 Å². The summed E-state index contributed by atoms with van der Waals surface area (Å²) in [5, 5.41) is 9.24. The molecule has 0 spiro atoms. The molecule has 118 valence electrons. The van der Waals surface area contributed by atoms with Crippen LogP contribution in [0.4, 0.5) is 4.39 Å². The molecule has 2 aromatic rings. The topological polar surface area (TPSA) is 57.6 Å². The molecule has 0 aromatic heterocycles. The zero-order valence-corrected chi connectivity index (χ0v) is 13.0. The van der Waals surface area contributed by atoms with E-state index >= 15 is 0 Å². The Morgan fingerprint density at radius 1 is 1.09 bits per heavy atom. The number of halogens is 1. The predicted molar refractivity (Wildman–Crippen MR) is 82.2 cm³/mol. The summed E-state index contributed by atoms with van der Waals surface area (Å²) in [6.07, 6.45) is 0.230. The van der Waals surface area contributed by atoms with Gasteiger partial charge in [0.2, 0.25) is 10.0 Å². The number of hydrogen-bond acceptors (Lipinski definition) is 3. The van der Waals surface area contributed by atoms with E-state index in [1.54, 1.807) is 24.3 Å². The van der Waals surface area contributed by atoms with Gasteiger partial charge in [0.05, 0.1) is 6.04 Å². The molecule has 0 bridgehead atoms. The second-order valence-corrected chi connectivity index (χ2v) is 6.86. The van der Waals surface area contributed by atoms with Crippen LogP contribution in [-0.2, 0) is 10.0 Å². The van der Waals surface area contributed by atoms with Crippen molar-refractivity contribution >= 4 is 10.0 Å². The second-order valence-electron chi connectivity index (χ2n) is 4.89. The number of rotatable bonds is 6. The second kappa shape index (κ2) is 7.00. The number of nitrogens with zero attached hydrogens (tertiary/aromatic N) is 1. The van der Waals surface area contributed by atoms with E-state index in [9.17, 15) is 17.9 Å². The molecule has 2 rings (SSSR count). The minimum Gasteiger partial charge on any atom is -0.396 e. The van der Waals surface area contributed by atoms with Crippen LogP contribution in [0.1, 0.15) is 18.0 Å². The van der Waals surface area contributed by atoms with Crippen LogP contribution in [0, 0.1) is 5.82 Å². The van der Waals surface area contributed by atoms with Crippen LogP contribution < -0.4 is 0 Å². The lowest BCUT2D eigenvalue weighted by Gasteiger charge is -2.27. The highest BCUT2D eigenvalue weighted by molar-refractivity contribution is 7.89. The molecular weight excluding hydrogens is 305 g/mol. The van der Waals surface area contributed by atoms with Crippen LogP contribution >= 0.6 is 0 Å². The fourth-order valence-corrected chi connectivity index (χ4v) is 3.77. The summed E-state index contributed by atoms with van der Waals surface area (Å²) in [6.45, 7) is -0.170. The Bertz CT molecular complexity index is 719. The van der Waals surface area contributed by atoms with Crippen molar-refractivity contribution in [2.75, 3.05) is 13.7 Å². The first-order valence-electron chi connectivity index (χ1n) is 6.87. The predicted octanol–water partition coefficient (Wildman–Crippen LogP) is 2.57. The van der Waals surface area contributed by atoms with Crippen molar-refractivity contribution in [2.45, 2.75) is 17.4 Å². The summed E-state index contributed by atoms with van der Waals surface area (Å²) in [5.41, 5.74) is 0.749. The van der Waals surface area contributed by atoms with Gasteiger partial charge in [-0.3, -0.25) is 0 Å². The Balaban J connectivity index is 2.43. The van der Waals surface area contributed by atoms with E-state index in [1.165, 1.54) is 25.2 Å². The third-order valence-electron chi connectivity index (χ3n) is 3.52. The Hall–Kier alpha value is -1.76. The maximum atomic E-state index is 13.8. The molecule has 0 unspecified atom stereocenters. The van der Waals surface area contributed by atoms with E-state index < -0.39 is 21.9 Å². The lowest BCUT2D eigenvalue weighted by molar-refractivity contribution is 0.240. The van der Waals surface area contributed by atoms with E-state index in [2.05, 4.69) is 0 Å². The molecular formula is C16H18FNO3S. The normalized spacial score (nSPS) is 13.3. The number of aliphatic hydroxyl groups is 1. The Kier molecular flexibility index (Phi) is 5.28. The van der Waals surface area contributed by atoms with Crippen molar-refractivity contribution < 1.29 is 17.9 Å². The average Bonchev–Trinajstić information content (AvgIpc) is 2.53. The molecule has 0 saturated carbocycles. The number of aliphatic hydroxyl groups excluding tert-OH is 1. The van der Waals surface area contributed by atoms with E-state index in [-0.39, 0.29) is 17.9 Å². The maximum absolute atomic E-state index is 13.8. The van der Waals surface area contributed by atoms with Gasteiger partial charge in [-0.15, -0.1) is 0 Å². The molecule has 6 heteroatoms. The van der Waals surface area contributed by atoms with Gasteiger partial charge in [-0.2, -0.15) is 4.31 Å². The largest absolute Gasteiger partial charge is 0.396 e. The highest BCUT2D eigenvalue weighted by Crippen LogP contribution is 2.29. The summed E-state index contributed by atoms with van der Waals surface area (Å²) < 4.78 is 40.2. The quantitative estimate of drug-likeness (QED) is 0.889. The van der Waals surface area contributed by atoms with Crippen molar-refractivity contribution in [3.05, 3.63) is 66.0 Å². The van der Waals surface area contributed by atoms with Crippen LogP contribution in [0.15, 0.2) is 59.5 Å². The molecule has 2 aromatic carbocycles. The molecule has 22 heavy (non-hydrogen) atoms. The maximum Gasteiger partial charge on any atom is 0.246 e. The summed E-state index contributed by atoms with van der Waals surface area (Å²) in [7, 11) is -2.59. The molecule has 0 aliphatic heterocycles. The van der Waals surface area contributed by atoms with Gasteiger partial charge in [-0.05, 0) is 24.1 Å². The van der Waals surface area contributed by atoms with E-state index in [0.717, 1.165) is 15.9 Å². The number of hydrogen-bond donors (Lipinski definition) is 1. The van der Waals surface area contributed by atoms with Crippen molar-refractivity contribution in [2.24, 2.45) is 0 Å². The highest BCUT2D eigenvalue weighted by Gasteiger charge is 2.30. The Morgan fingerprint density at radius 3 is 2.27 bits per heavy atom. The van der Waals surface area contributed by atoms with Crippen LogP contribution in [-0.4, -0.2) is 31.5 Å². The van der Waals surface area contributed by atoms with Crippen LogP contribution in [0.2, 0.25) is 0 Å². The molecule has 1 atom stereocenters. The lowest BCUT2D eigenvalue weighted by atomic mass is 10.0. The van der Waals surface area contributed by atoms with Crippen LogP contribution in [0.3, 0.4) is 0 Å². The highest BCUT2D eigenvalue weighted by atomic mass is 32.2. The van der Waals surface area contributed by atoms with Gasteiger partial charge >= 0.3 is 0 Å². The summed E-state index contributed by atoms with van der Waals surface area (Å²) >= 11 is 0. The summed E-state index contributed by atoms with van der Waals surface area (Å²) in [5.74, 6) is -0.787. The van der Waals surface area contributed by atoms with Crippen molar-refractivity contribution in [1.29, 1.82) is 0 Å². The third kappa shape index (κ3) is 3.35. The first-order chi connectivity index (χ1) is 10.5. The first kappa shape index (κ1) is 16.6. The van der Waals surface area contributed by atoms with E-state index in [0.29, 0.717) is 0 Å². The molecule has 0 aliphatic rings. The SMILES string of the molecule is CN([C@@H](CCO)c1ccccc1)S(=O)(=O)c1ccccc1F. The van der Waals surface area contributed by atoms with Gasteiger partial charge in [0, 0.05) is 13.7 Å². The Morgan fingerprint density at radius 2 is 1.68 bits per heavy atom. The van der Waals surface area contributed by atoms with Gasteiger partial charge in [0.25, 0.3) is 0 Å². The smallest absolute Gasteiger partial charge is 0.246 e. The van der Waals surface area contributed by atoms with Crippen LogP contribution in [0.25, 0.3) is 0 Å². The Labute approximate surface area is 129 Å². The van der Waals surface area contributed by atoms with Crippen molar-refractivity contribution in [1.82, 2.24) is 4.31 Å². The molecule has 0 heterocycles. The van der Waals surface area contributed by atoms with Crippen molar-refractivity contribution in [3.8, 4) is 0 Å². The first-order valence-corrected chi connectivity index (χ1v) is 8.31. The lowest BCUT2D eigenvalue weighted by Crippen LogP contribution is -2.32. The third-order valence-corrected chi connectivity index (χ3v) is 5.42. The number of sulfonamides is 1. The molecule has 1 N–H and O–H groups in total. The summed E-state index contributed by atoms with van der Waals surface area (Å²) in [4.78, 5) is -0.364. The monoisotopic (exact) mass is 323 g/mol. The average molecular weight is 323 g/mol. The molecule has 4 nitrogen and oxygen atoms in total. The molecule has 0 radical (unpaired) electrons. The van der Waals surface area contributed by atoms with Crippen LogP contribution in [0.5, 0.6) is 0 Å². The molecule has 0 fully saturated rings. The standard InChI is InChI=1S/C16H18FNO3S/c1-18(15(11-12-19)13-7-3-2-4-8-13)22(20,21)16-10-6-5-9-14(16)17/h2-10,15,19H,11-12H2,1H3/t15-/m0/s1. The summed E-state index contributed by atoms with van der Waals surface area (Å²) in [6, 6.07) is 13.7. The zero-order valence-electron chi connectivity index (χ0n) is 12.2. The molecule has 0 saturated heterocycles. The minimum atomic E-state index is -3.99. The van der Waals surface area contributed by atoms with Gasteiger partial charge in [-0.25, -0.2) is 12.8 Å². The van der Waals surface area contributed by atoms with E-state index in [4.69, 9.17) is 0 Å². The fraction of sp³-hybridized carbons (Fsp3) is 0.250. The van der Waals surface area contributed by atoms with Crippen molar-refractivity contribution in [3.63, 3.8) is 0 Å². The van der Waals surface area contributed by atoms with Gasteiger partial charge in [0.1, 0.15) is 10.7 Å². The number of benzene rings is 2.